The van der Waals surface area contributed by atoms with Gasteiger partial charge in [-0.2, -0.15) is 0 Å². The number of carbonyl (C=O) groups is 1. The second kappa shape index (κ2) is 9.53. The van der Waals surface area contributed by atoms with Crippen LogP contribution >= 0.6 is 0 Å². The van der Waals surface area contributed by atoms with Gasteiger partial charge in [-0.05, 0) is 49.6 Å². The van der Waals surface area contributed by atoms with Crippen LogP contribution in [0.3, 0.4) is 0 Å². The molecule has 1 amide bonds. The summed E-state index contributed by atoms with van der Waals surface area (Å²) < 4.78 is 33.0. The number of amides is 1. The van der Waals surface area contributed by atoms with Crippen LogP contribution < -0.4 is 14.8 Å². The Kier molecular flexibility index (Phi) is 7.38. The van der Waals surface area contributed by atoms with E-state index in [1.54, 1.807) is 37.3 Å². The Morgan fingerprint density at radius 2 is 1.85 bits per heavy atom. The summed E-state index contributed by atoms with van der Waals surface area (Å²) in [4.78, 5) is 12.4. The predicted molar refractivity (Wildman–Crippen MR) is 107 cm³/mol. The van der Waals surface area contributed by atoms with Crippen LogP contribution in [0.1, 0.15) is 30.9 Å². The van der Waals surface area contributed by atoms with Crippen LogP contribution in [0.4, 0.5) is 5.69 Å². The number of hydrogen-bond acceptors (Lipinski definition) is 4. The van der Waals surface area contributed by atoms with Gasteiger partial charge in [-0.25, -0.2) is 13.1 Å². The molecule has 7 heteroatoms. The molecule has 0 saturated carbocycles. The van der Waals surface area contributed by atoms with Crippen LogP contribution in [0.25, 0.3) is 0 Å². The van der Waals surface area contributed by atoms with E-state index in [9.17, 15) is 13.2 Å². The van der Waals surface area contributed by atoms with Crippen molar-refractivity contribution in [1.29, 1.82) is 0 Å². The van der Waals surface area contributed by atoms with Crippen molar-refractivity contribution in [3.63, 3.8) is 0 Å². The molecule has 0 aromatic heterocycles. The standard InChI is InChI=1S/C20H26N2O4S/c1-4-13-26-18-8-6-5-7-17(18)22-20(23)11-12-21-27(24,25)19-14-15(2)9-10-16(19)3/h5-10,14,21H,4,11-13H2,1-3H3,(H,22,23). The molecule has 6 nitrogen and oxygen atoms in total. The van der Waals surface area contributed by atoms with E-state index >= 15 is 0 Å². The molecule has 0 fully saturated rings. The van der Waals surface area contributed by atoms with E-state index in [4.69, 9.17) is 4.74 Å². The topological polar surface area (TPSA) is 84.5 Å². The third-order valence-corrected chi connectivity index (χ3v) is 5.50. The fourth-order valence-corrected chi connectivity index (χ4v) is 3.85. The molecule has 146 valence electrons. The monoisotopic (exact) mass is 390 g/mol. The Bertz CT molecular complexity index is 895. The van der Waals surface area contributed by atoms with Crippen molar-refractivity contribution in [3.05, 3.63) is 53.6 Å². The molecule has 2 rings (SSSR count). The third kappa shape index (κ3) is 6.08. The summed E-state index contributed by atoms with van der Waals surface area (Å²) in [5, 5.41) is 2.77. The molecule has 0 saturated heterocycles. The van der Waals surface area contributed by atoms with Gasteiger partial charge in [-0.1, -0.05) is 31.2 Å². The Hall–Kier alpha value is -2.38. The maximum absolute atomic E-state index is 12.5. The van der Waals surface area contributed by atoms with Crippen molar-refractivity contribution in [1.82, 2.24) is 4.72 Å². The molecule has 2 aromatic carbocycles. The molecule has 0 radical (unpaired) electrons. The lowest BCUT2D eigenvalue weighted by Gasteiger charge is -2.12. The summed E-state index contributed by atoms with van der Waals surface area (Å²) in [7, 11) is -3.66. The van der Waals surface area contributed by atoms with Crippen molar-refractivity contribution in [3.8, 4) is 5.75 Å². The lowest BCUT2D eigenvalue weighted by molar-refractivity contribution is -0.116. The Balaban J connectivity index is 1.94. The highest BCUT2D eigenvalue weighted by atomic mass is 32.2. The number of aryl methyl sites for hydroxylation is 2. The Morgan fingerprint density at radius 1 is 1.11 bits per heavy atom. The zero-order valence-corrected chi connectivity index (χ0v) is 16.7. The molecule has 2 N–H and O–H groups in total. The highest BCUT2D eigenvalue weighted by molar-refractivity contribution is 7.89. The van der Waals surface area contributed by atoms with Gasteiger partial charge >= 0.3 is 0 Å². The van der Waals surface area contributed by atoms with Crippen molar-refractivity contribution in [2.45, 2.75) is 38.5 Å². The largest absolute Gasteiger partial charge is 0.491 e. The SMILES string of the molecule is CCCOc1ccccc1NC(=O)CCNS(=O)(=O)c1cc(C)ccc1C. The van der Waals surface area contributed by atoms with Gasteiger partial charge < -0.3 is 10.1 Å². The molecule has 0 aliphatic carbocycles. The number of carbonyl (C=O) groups excluding carboxylic acids is 1. The molecule has 0 heterocycles. The van der Waals surface area contributed by atoms with E-state index in [1.807, 2.05) is 26.0 Å². The molecule has 0 spiro atoms. The zero-order chi connectivity index (χ0) is 19.9. The molecular weight excluding hydrogens is 364 g/mol. The first-order chi connectivity index (χ1) is 12.8. The van der Waals surface area contributed by atoms with Gasteiger partial charge in [0, 0.05) is 13.0 Å². The van der Waals surface area contributed by atoms with Gasteiger partial charge in [0.2, 0.25) is 15.9 Å². The van der Waals surface area contributed by atoms with Gasteiger partial charge in [0.05, 0.1) is 17.2 Å². The second-order valence-electron chi connectivity index (χ2n) is 6.31. The van der Waals surface area contributed by atoms with E-state index in [0.29, 0.717) is 23.6 Å². The van der Waals surface area contributed by atoms with E-state index in [0.717, 1.165) is 12.0 Å². The third-order valence-electron chi connectivity index (χ3n) is 3.90. The highest BCUT2D eigenvalue weighted by Gasteiger charge is 2.17. The van der Waals surface area contributed by atoms with E-state index < -0.39 is 10.0 Å². The van der Waals surface area contributed by atoms with E-state index in [1.165, 1.54) is 0 Å². The molecule has 27 heavy (non-hydrogen) atoms. The minimum Gasteiger partial charge on any atom is -0.491 e. The normalized spacial score (nSPS) is 11.2. The van der Waals surface area contributed by atoms with Crippen molar-refractivity contribution < 1.29 is 17.9 Å². The average Bonchev–Trinajstić information content (AvgIpc) is 2.62. The minimum absolute atomic E-state index is 0.0134. The average molecular weight is 391 g/mol. The minimum atomic E-state index is -3.66. The summed E-state index contributed by atoms with van der Waals surface area (Å²) >= 11 is 0. The number of benzene rings is 2. The molecule has 0 aliphatic rings. The number of hydrogen-bond donors (Lipinski definition) is 2. The fraction of sp³-hybridized carbons (Fsp3) is 0.350. The van der Waals surface area contributed by atoms with Crippen molar-refractivity contribution >= 4 is 21.6 Å². The van der Waals surface area contributed by atoms with Crippen LogP contribution in [0, 0.1) is 13.8 Å². The van der Waals surface area contributed by atoms with Gasteiger partial charge in [-0.15, -0.1) is 0 Å². The quantitative estimate of drug-likeness (QED) is 0.687. The molecule has 2 aromatic rings. The van der Waals surface area contributed by atoms with Crippen LogP contribution in [0.5, 0.6) is 5.75 Å². The molecule has 0 atom stereocenters. The highest BCUT2D eigenvalue weighted by Crippen LogP contribution is 2.24. The van der Waals surface area contributed by atoms with Crippen LogP contribution in [0.2, 0.25) is 0 Å². The Morgan fingerprint density at radius 3 is 2.59 bits per heavy atom. The summed E-state index contributed by atoms with van der Waals surface area (Å²) in [5.74, 6) is 0.315. The van der Waals surface area contributed by atoms with Gasteiger partial charge in [0.1, 0.15) is 5.75 Å². The number of anilines is 1. The lowest BCUT2D eigenvalue weighted by Crippen LogP contribution is -2.28. The molecular formula is C20H26N2O4S. The maximum Gasteiger partial charge on any atom is 0.240 e. The first-order valence-electron chi connectivity index (χ1n) is 8.92. The first-order valence-corrected chi connectivity index (χ1v) is 10.4. The Labute approximate surface area is 161 Å². The van der Waals surface area contributed by atoms with Crippen LogP contribution in [-0.4, -0.2) is 27.5 Å². The van der Waals surface area contributed by atoms with Gasteiger partial charge in [0.25, 0.3) is 0 Å². The van der Waals surface area contributed by atoms with Crippen molar-refractivity contribution in [2.75, 3.05) is 18.5 Å². The number of ether oxygens (including phenoxy) is 1. The van der Waals surface area contributed by atoms with Gasteiger partial charge in [-0.3, -0.25) is 4.79 Å². The van der Waals surface area contributed by atoms with E-state index in [-0.39, 0.29) is 23.8 Å². The summed E-state index contributed by atoms with van der Waals surface area (Å²) in [5.41, 5.74) is 2.11. The predicted octanol–water partition coefficient (Wildman–Crippen LogP) is 3.40. The number of para-hydroxylation sites is 2. The number of sulfonamides is 1. The number of nitrogens with one attached hydrogen (secondary N) is 2. The van der Waals surface area contributed by atoms with Crippen LogP contribution in [0.15, 0.2) is 47.4 Å². The second-order valence-corrected chi connectivity index (χ2v) is 8.04. The fourth-order valence-electron chi connectivity index (χ4n) is 2.49. The zero-order valence-electron chi connectivity index (χ0n) is 15.9. The molecule has 0 unspecified atom stereocenters. The first kappa shape index (κ1) is 20.9. The summed E-state index contributed by atoms with van der Waals surface area (Å²) in [6, 6.07) is 12.4. The van der Waals surface area contributed by atoms with Crippen molar-refractivity contribution in [2.24, 2.45) is 0 Å². The van der Waals surface area contributed by atoms with Gasteiger partial charge in [0.15, 0.2) is 0 Å². The maximum atomic E-state index is 12.5. The smallest absolute Gasteiger partial charge is 0.240 e. The summed E-state index contributed by atoms with van der Waals surface area (Å²) in [6.07, 6.45) is 0.884. The van der Waals surface area contributed by atoms with E-state index in [2.05, 4.69) is 10.0 Å². The van der Waals surface area contributed by atoms with Crippen LogP contribution in [-0.2, 0) is 14.8 Å². The molecule has 0 bridgehead atoms. The molecule has 0 aliphatic heterocycles. The lowest BCUT2D eigenvalue weighted by atomic mass is 10.2. The number of rotatable bonds is 9. The summed E-state index contributed by atoms with van der Waals surface area (Å²) in [6.45, 7) is 6.16.